The Kier molecular flexibility index (Phi) is 5.61. The van der Waals surface area contributed by atoms with Crippen LogP contribution in [-0.2, 0) is 9.53 Å². The molecule has 0 aromatic rings. The molecule has 0 N–H and O–H groups in total. The second-order valence-electron chi connectivity index (χ2n) is 6.52. The van der Waals surface area contributed by atoms with Crippen molar-refractivity contribution in [1.82, 2.24) is 0 Å². The van der Waals surface area contributed by atoms with E-state index in [0.29, 0.717) is 5.92 Å². The maximum absolute atomic E-state index is 12.3. The van der Waals surface area contributed by atoms with Crippen LogP contribution < -0.4 is 0 Å². The number of hydrogen-bond donors (Lipinski definition) is 0. The summed E-state index contributed by atoms with van der Waals surface area (Å²) in [6, 6.07) is 0. The molecule has 0 radical (unpaired) electrons. The van der Waals surface area contributed by atoms with Crippen molar-refractivity contribution < 1.29 is 9.53 Å². The first kappa shape index (κ1) is 17.0. The van der Waals surface area contributed by atoms with Gasteiger partial charge in [-0.05, 0) is 57.6 Å². The van der Waals surface area contributed by atoms with Gasteiger partial charge < -0.3 is 4.74 Å². The number of carbonyl (C=O) groups is 1. The Hall–Kier alpha value is -1.05. The molecule has 0 fully saturated rings. The smallest absolute Gasteiger partial charge is 0.316 e. The summed E-state index contributed by atoms with van der Waals surface area (Å²) >= 11 is 0. The molecular formula is C18H30O2. The van der Waals surface area contributed by atoms with E-state index in [0.717, 1.165) is 31.4 Å². The summed E-state index contributed by atoms with van der Waals surface area (Å²) in [7, 11) is 0. The van der Waals surface area contributed by atoms with E-state index in [1.54, 1.807) is 0 Å². The van der Waals surface area contributed by atoms with Crippen LogP contribution in [0.25, 0.3) is 0 Å². The SMILES string of the molecule is CCC1=C(CC)C(CC)C(CC)=C1OC(=O)C(C)(C)C. The molecule has 1 aliphatic carbocycles. The molecule has 2 heteroatoms. The first-order valence-electron chi connectivity index (χ1n) is 7.99. The van der Waals surface area contributed by atoms with E-state index in [4.69, 9.17) is 4.74 Å². The first-order chi connectivity index (χ1) is 9.31. The van der Waals surface area contributed by atoms with Crippen molar-refractivity contribution >= 4 is 5.97 Å². The van der Waals surface area contributed by atoms with Gasteiger partial charge in [0.2, 0.25) is 0 Å². The van der Waals surface area contributed by atoms with Gasteiger partial charge in [0, 0.05) is 5.92 Å². The molecule has 114 valence electrons. The third-order valence-electron chi connectivity index (χ3n) is 4.13. The summed E-state index contributed by atoms with van der Waals surface area (Å²) in [5.41, 5.74) is 3.61. The van der Waals surface area contributed by atoms with Gasteiger partial charge in [-0.3, -0.25) is 4.79 Å². The largest absolute Gasteiger partial charge is 0.426 e. The molecule has 1 atom stereocenters. The quantitative estimate of drug-likeness (QED) is 0.630. The lowest BCUT2D eigenvalue weighted by atomic mass is 9.89. The maximum Gasteiger partial charge on any atom is 0.316 e. The Morgan fingerprint density at radius 3 is 1.90 bits per heavy atom. The van der Waals surface area contributed by atoms with Crippen LogP contribution in [0.4, 0.5) is 0 Å². The van der Waals surface area contributed by atoms with Crippen molar-refractivity contribution in [2.24, 2.45) is 11.3 Å². The third kappa shape index (κ3) is 3.16. The second-order valence-corrected chi connectivity index (χ2v) is 6.52. The summed E-state index contributed by atoms with van der Waals surface area (Å²) < 4.78 is 5.83. The van der Waals surface area contributed by atoms with Crippen molar-refractivity contribution in [3.05, 3.63) is 22.5 Å². The van der Waals surface area contributed by atoms with Gasteiger partial charge in [-0.15, -0.1) is 0 Å². The summed E-state index contributed by atoms with van der Waals surface area (Å²) in [5, 5.41) is 0. The van der Waals surface area contributed by atoms with Crippen LogP contribution in [0.3, 0.4) is 0 Å². The molecule has 0 heterocycles. The van der Waals surface area contributed by atoms with Gasteiger partial charge in [-0.2, -0.15) is 0 Å². The molecule has 2 nitrogen and oxygen atoms in total. The third-order valence-corrected chi connectivity index (χ3v) is 4.13. The molecule has 0 saturated carbocycles. The Morgan fingerprint density at radius 1 is 1.00 bits per heavy atom. The summed E-state index contributed by atoms with van der Waals surface area (Å²) in [5.74, 6) is 1.23. The van der Waals surface area contributed by atoms with Crippen molar-refractivity contribution in [3.63, 3.8) is 0 Å². The summed E-state index contributed by atoms with van der Waals surface area (Å²) in [4.78, 5) is 12.3. The fourth-order valence-corrected chi connectivity index (χ4v) is 3.04. The van der Waals surface area contributed by atoms with Gasteiger partial charge in [0.05, 0.1) is 5.41 Å². The van der Waals surface area contributed by atoms with Crippen LogP contribution in [0.1, 0.15) is 74.1 Å². The molecular weight excluding hydrogens is 248 g/mol. The normalized spacial score (nSPS) is 19.9. The zero-order valence-corrected chi connectivity index (χ0v) is 14.2. The highest BCUT2D eigenvalue weighted by molar-refractivity contribution is 5.77. The fourth-order valence-electron chi connectivity index (χ4n) is 3.04. The lowest BCUT2D eigenvalue weighted by Crippen LogP contribution is -2.23. The van der Waals surface area contributed by atoms with Gasteiger partial charge in [0.1, 0.15) is 5.76 Å². The van der Waals surface area contributed by atoms with Gasteiger partial charge in [-0.25, -0.2) is 0 Å². The second kappa shape index (κ2) is 6.60. The van der Waals surface area contributed by atoms with Crippen molar-refractivity contribution in [2.45, 2.75) is 74.1 Å². The van der Waals surface area contributed by atoms with E-state index in [2.05, 4.69) is 27.7 Å². The van der Waals surface area contributed by atoms with E-state index >= 15 is 0 Å². The number of hydrogen-bond acceptors (Lipinski definition) is 2. The zero-order chi connectivity index (χ0) is 15.5. The lowest BCUT2D eigenvalue weighted by Gasteiger charge is -2.19. The number of allylic oxidation sites excluding steroid dienone is 3. The number of carbonyl (C=O) groups excluding carboxylic acids is 1. The molecule has 0 bridgehead atoms. The highest BCUT2D eigenvalue weighted by Gasteiger charge is 2.34. The van der Waals surface area contributed by atoms with E-state index in [1.807, 2.05) is 20.8 Å². The predicted molar refractivity (Wildman–Crippen MR) is 84.3 cm³/mol. The van der Waals surface area contributed by atoms with Gasteiger partial charge in [0.15, 0.2) is 0 Å². The van der Waals surface area contributed by atoms with Crippen LogP contribution >= 0.6 is 0 Å². The number of rotatable bonds is 5. The van der Waals surface area contributed by atoms with E-state index < -0.39 is 5.41 Å². The van der Waals surface area contributed by atoms with Crippen LogP contribution in [-0.4, -0.2) is 5.97 Å². The maximum atomic E-state index is 12.3. The molecule has 1 aliphatic rings. The molecule has 0 spiro atoms. The Morgan fingerprint density at radius 2 is 1.55 bits per heavy atom. The Labute approximate surface area is 124 Å². The molecule has 0 aliphatic heterocycles. The van der Waals surface area contributed by atoms with Crippen molar-refractivity contribution in [3.8, 4) is 0 Å². The minimum atomic E-state index is -0.457. The van der Waals surface area contributed by atoms with Crippen LogP contribution in [0, 0.1) is 11.3 Å². The van der Waals surface area contributed by atoms with E-state index in [-0.39, 0.29) is 5.97 Å². The minimum absolute atomic E-state index is 0.128. The molecule has 0 saturated heterocycles. The zero-order valence-electron chi connectivity index (χ0n) is 14.2. The van der Waals surface area contributed by atoms with Crippen LogP contribution in [0.15, 0.2) is 22.5 Å². The number of ether oxygens (including phenoxy) is 1. The van der Waals surface area contributed by atoms with Crippen molar-refractivity contribution in [2.75, 3.05) is 0 Å². The Bertz CT molecular complexity index is 433. The van der Waals surface area contributed by atoms with E-state index in [1.165, 1.54) is 16.7 Å². The fraction of sp³-hybridized carbons (Fsp3) is 0.722. The lowest BCUT2D eigenvalue weighted by molar-refractivity contribution is -0.148. The van der Waals surface area contributed by atoms with Gasteiger partial charge in [-0.1, -0.05) is 33.3 Å². The van der Waals surface area contributed by atoms with Crippen molar-refractivity contribution in [1.29, 1.82) is 0 Å². The first-order valence-corrected chi connectivity index (χ1v) is 7.99. The molecule has 0 amide bonds. The standard InChI is InChI=1S/C18H30O2/c1-8-12-13(9-2)15(11-4)16(14(12)10-3)20-17(19)18(5,6)7/h12H,8-11H2,1-7H3. The van der Waals surface area contributed by atoms with Crippen LogP contribution in [0.2, 0.25) is 0 Å². The molecule has 1 unspecified atom stereocenters. The molecule has 0 aromatic carbocycles. The average Bonchev–Trinajstić information content (AvgIpc) is 2.69. The highest BCUT2D eigenvalue weighted by atomic mass is 16.5. The van der Waals surface area contributed by atoms with Gasteiger partial charge in [0.25, 0.3) is 0 Å². The predicted octanol–water partition coefficient (Wildman–Crippen LogP) is 5.40. The van der Waals surface area contributed by atoms with E-state index in [9.17, 15) is 4.79 Å². The Balaban J connectivity index is 3.22. The number of esters is 1. The average molecular weight is 278 g/mol. The molecule has 0 aromatic heterocycles. The molecule has 1 rings (SSSR count). The monoisotopic (exact) mass is 278 g/mol. The topological polar surface area (TPSA) is 26.3 Å². The van der Waals surface area contributed by atoms with Crippen LogP contribution in [0.5, 0.6) is 0 Å². The summed E-state index contributed by atoms with van der Waals surface area (Å²) in [6.45, 7) is 14.5. The van der Waals surface area contributed by atoms with Gasteiger partial charge >= 0.3 is 5.97 Å². The molecule has 20 heavy (non-hydrogen) atoms. The summed E-state index contributed by atoms with van der Waals surface area (Å²) in [6.07, 6.45) is 4.03. The minimum Gasteiger partial charge on any atom is -0.426 e. The highest BCUT2D eigenvalue weighted by Crippen LogP contribution is 2.44.